The molecule has 3 nitrogen and oxygen atoms in total. The lowest BCUT2D eigenvalue weighted by Gasteiger charge is -2.15. The monoisotopic (exact) mass is 469 g/mol. The maximum absolute atomic E-state index is 11.6. The molecule has 0 spiro atoms. The smallest absolute Gasteiger partial charge is 0.319 e. The van der Waals surface area contributed by atoms with E-state index >= 15 is 0 Å². The maximum Gasteiger partial charge on any atom is 0.319 e. The largest absolute Gasteiger partial charge is 0.487 e. The van der Waals surface area contributed by atoms with Crippen LogP contribution in [0.4, 0.5) is 0 Å². The Morgan fingerprint density at radius 1 is 0.897 bits per heavy atom. The molecule has 4 aromatic rings. The van der Waals surface area contributed by atoms with Gasteiger partial charge in [0.25, 0.3) is 0 Å². The minimum Gasteiger partial charge on any atom is -0.487 e. The molecule has 0 amide bonds. The first-order valence-electron chi connectivity index (χ1n) is 9.55. The lowest BCUT2D eigenvalue weighted by atomic mass is 10.2. The van der Waals surface area contributed by atoms with E-state index in [9.17, 15) is 4.79 Å². The van der Waals surface area contributed by atoms with Gasteiger partial charge in [-0.2, -0.15) is 0 Å². The summed E-state index contributed by atoms with van der Waals surface area (Å²) in [5.74, 6) is 0.490. The van der Waals surface area contributed by atoms with Crippen molar-refractivity contribution in [2.75, 3.05) is 6.61 Å². The van der Waals surface area contributed by atoms with Crippen LogP contribution in [0.5, 0.6) is 5.75 Å². The van der Waals surface area contributed by atoms with Crippen LogP contribution in [0.1, 0.15) is 13.8 Å². The van der Waals surface area contributed by atoms with Gasteiger partial charge in [0.15, 0.2) is 14.3 Å². The van der Waals surface area contributed by atoms with Crippen LogP contribution < -0.4 is 4.74 Å². The third kappa shape index (κ3) is 4.16. The van der Waals surface area contributed by atoms with Crippen molar-refractivity contribution >= 4 is 52.5 Å². The highest BCUT2D eigenvalue weighted by atomic mass is 79.9. The van der Waals surface area contributed by atoms with Gasteiger partial charge in [-0.25, -0.2) is 0 Å². The molecule has 4 rings (SSSR count). The normalized spacial score (nSPS) is 13.3. The Morgan fingerprint density at radius 3 is 2.00 bits per heavy atom. The fourth-order valence-corrected chi connectivity index (χ4v) is 5.85. The average Bonchev–Trinajstić information content (AvgIpc) is 3.07. The van der Waals surface area contributed by atoms with Gasteiger partial charge in [0.1, 0.15) is 23.3 Å². The number of carbonyl (C=O) groups is 1. The zero-order valence-corrected chi connectivity index (χ0v) is 18.7. The Bertz CT molecular complexity index is 1090. The van der Waals surface area contributed by atoms with Crippen LogP contribution in [0.15, 0.2) is 72.8 Å². The van der Waals surface area contributed by atoms with Gasteiger partial charge in [-0.05, 0) is 50.2 Å². The van der Waals surface area contributed by atoms with E-state index in [0.29, 0.717) is 0 Å². The maximum atomic E-state index is 11.6. The second kappa shape index (κ2) is 8.56. The molecule has 148 valence electrons. The number of alkyl halides is 1. The van der Waals surface area contributed by atoms with Crippen molar-refractivity contribution in [2.24, 2.45) is 0 Å². The zero-order chi connectivity index (χ0) is 20.4. The van der Waals surface area contributed by atoms with E-state index < -0.39 is 0 Å². The molecule has 5 heteroatoms. The first-order valence-corrected chi connectivity index (χ1v) is 11.7. The van der Waals surface area contributed by atoms with Gasteiger partial charge in [0.05, 0.1) is 0 Å². The zero-order valence-electron chi connectivity index (χ0n) is 16.3. The van der Waals surface area contributed by atoms with Gasteiger partial charge in [0, 0.05) is 33.4 Å². The molecule has 0 radical (unpaired) electrons. The summed E-state index contributed by atoms with van der Waals surface area (Å²) in [6.07, 6.45) is -0.216. The van der Waals surface area contributed by atoms with Crippen LogP contribution in [0.3, 0.4) is 0 Å². The van der Waals surface area contributed by atoms with Crippen LogP contribution >= 0.6 is 26.4 Å². The summed E-state index contributed by atoms with van der Waals surface area (Å²) in [4.78, 5) is 12.5. The van der Waals surface area contributed by atoms with Crippen molar-refractivity contribution in [3.05, 3.63) is 72.8 Å². The second-order valence-corrected chi connectivity index (χ2v) is 10.3. The molecule has 0 fully saturated rings. The number of fused-ring (bicyclic) bond motifs is 3. The number of thiophene rings is 1. The lowest BCUT2D eigenvalue weighted by Crippen LogP contribution is -2.24. The predicted molar refractivity (Wildman–Crippen MR) is 125 cm³/mol. The summed E-state index contributed by atoms with van der Waals surface area (Å²) < 4.78 is 13.9. The van der Waals surface area contributed by atoms with E-state index in [2.05, 4.69) is 76.6 Å². The topological polar surface area (TPSA) is 35.5 Å². The van der Waals surface area contributed by atoms with Crippen molar-refractivity contribution < 1.29 is 14.3 Å². The Hall–Kier alpha value is -2.37. The Balaban J connectivity index is 1.58. The van der Waals surface area contributed by atoms with Gasteiger partial charge >= 0.3 is 5.97 Å². The number of carbonyl (C=O) groups excluding carboxylic acids is 1. The molecule has 0 N–H and O–H groups in total. The Kier molecular flexibility index (Phi) is 5.88. The van der Waals surface area contributed by atoms with Crippen LogP contribution in [0, 0.1) is 0 Å². The van der Waals surface area contributed by atoms with Gasteiger partial charge in [0.2, 0.25) is 0 Å². The van der Waals surface area contributed by atoms with Gasteiger partial charge < -0.3 is 9.47 Å². The first kappa shape index (κ1) is 19.9. The quantitative estimate of drug-likeness (QED) is 0.176. The number of ether oxygens (including phenoxy) is 2. The molecule has 0 aliphatic carbocycles. The Morgan fingerprint density at radius 2 is 1.45 bits per heavy atom. The molecule has 29 heavy (non-hydrogen) atoms. The van der Waals surface area contributed by atoms with Gasteiger partial charge in [-0.3, -0.25) is 4.79 Å². The number of halogens is 1. The summed E-state index contributed by atoms with van der Waals surface area (Å²) >= 11 is 3.21. The van der Waals surface area contributed by atoms with E-state index in [1.807, 2.05) is 19.1 Å². The number of hydrogen-bond acceptors (Lipinski definition) is 3. The highest BCUT2D eigenvalue weighted by Crippen LogP contribution is 2.48. The van der Waals surface area contributed by atoms with E-state index in [0.717, 1.165) is 5.75 Å². The number of benzene rings is 3. The van der Waals surface area contributed by atoms with Crippen LogP contribution in [-0.4, -0.2) is 23.5 Å². The van der Waals surface area contributed by atoms with E-state index in [1.165, 1.54) is 25.1 Å². The van der Waals surface area contributed by atoms with Crippen LogP contribution in [0.25, 0.3) is 25.1 Å². The third-order valence-electron chi connectivity index (χ3n) is 4.69. The minimum absolute atomic E-state index is 0.106. The summed E-state index contributed by atoms with van der Waals surface area (Å²) in [5, 5.41) is 2.64. The summed E-state index contributed by atoms with van der Waals surface area (Å²) in [6.45, 7) is 3.86. The fraction of sp³-hybridized carbons (Fsp3) is 0.208. The molecular formula is C24H22BrO3S+. The SMILES string of the molecule is CC(COC(=O)C(C)Br)Oc1ccc(-[s+]2c3ccccc3c3ccccc32)cc1. The fourth-order valence-electron chi connectivity index (χ4n) is 3.34. The molecule has 0 saturated carbocycles. The molecule has 1 heterocycles. The van der Waals surface area contributed by atoms with Gasteiger partial charge in [-0.15, -0.1) is 0 Å². The minimum atomic E-state index is -0.313. The van der Waals surface area contributed by atoms with E-state index in [-0.39, 0.29) is 34.0 Å². The number of hydrogen-bond donors (Lipinski definition) is 0. The molecule has 0 saturated heterocycles. The molecule has 2 atom stereocenters. The molecular weight excluding hydrogens is 448 g/mol. The molecule has 0 aliphatic rings. The second-order valence-electron chi connectivity index (χ2n) is 6.94. The van der Waals surface area contributed by atoms with Crippen molar-refractivity contribution in [3.8, 4) is 10.6 Å². The molecule has 1 aromatic heterocycles. The molecule has 0 bridgehead atoms. The van der Waals surface area contributed by atoms with Crippen molar-refractivity contribution in [2.45, 2.75) is 24.8 Å². The van der Waals surface area contributed by atoms with E-state index in [4.69, 9.17) is 9.47 Å². The molecule has 3 aromatic carbocycles. The Labute approximate surface area is 181 Å². The van der Waals surface area contributed by atoms with Crippen molar-refractivity contribution in [3.63, 3.8) is 0 Å². The van der Waals surface area contributed by atoms with Crippen molar-refractivity contribution in [1.82, 2.24) is 0 Å². The standard InChI is InChI=1S/C24H22BrO3S/c1-16(15-27-24(26)17(2)25)28-18-11-13-19(14-12-18)29-22-9-5-3-7-20(22)21-8-4-6-10-23(21)29/h3-14,16-17H,15H2,1-2H3/q+1. The summed E-state index contributed by atoms with van der Waals surface area (Å²) in [7, 11) is -0.106. The summed E-state index contributed by atoms with van der Waals surface area (Å²) in [5.41, 5.74) is 0. The van der Waals surface area contributed by atoms with Crippen molar-refractivity contribution in [1.29, 1.82) is 0 Å². The van der Waals surface area contributed by atoms with Crippen LogP contribution in [0.2, 0.25) is 0 Å². The molecule has 2 unspecified atom stereocenters. The first-order chi connectivity index (χ1) is 14.0. The molecule has 0 aliphatic heterocycles. The third-order valence-corrected chi connectivity index (χ3v) is 7.39. The number of esters is 1. The average molecular weight is 470 g/mol. The highest BCUT2D eigenvalue weighted by Gasteiger charge is 2.23. The van der Waals surface area contributed by atoms with Crippen LogP contribution in [-0.2, 0) is 9.53 Å². The number of rotatable bonds is 6. The lowest BCUT2D eigenvalue weighted by molar-refractivity contribution is -0.144. The van der Waals surface area contributed by atoms with Gasteiger partial charge in [-0.1, -0.05) is 40.2 Å². The summed E-state index contributed by atoms with van der Waals surface area (Å²) in [6, 6.07) is 25.5. The van der Waals surface area contributed by atoms with E-state index in [1.54, 1.807) is 6.92 Å². The predicted octanol–water partition coefficient (Wildman–Crippen LogP) is 6.83. The highest BCUT2D eigenvalue weighted by molar-refractivity contribution is 9.10.